The summed E-state index contributed by atoms with van der Waals surface area (Å²) >= 11 is 0. The molecule has 0 bridgehead atoms. The van der Waals surface area contributed by atoms with Crippen molar-refractivity contribution in [3.63, 3.8) is 0 Å². The summed E-state index contributed by atoms with van der Waals surface area (Å²) in [6, 6.07) is 0. The minimum atomic E-state index is 0.236. The SMILES string of the molecule is N#CNC(=N)N1CCCC1. The highest BCUT2D eigenvalue weighted by molar-refractivity contribution is 5.78. The van der Waals surface area contributed by atoms with E-state index in [1.165, 1.54) is 0 Å². The average molecular weight is 138 g/mol. The first-order chi connectivity index (χ1) is 4.84. The quantitative estimate of drug-likeness (QED) is 0.216. The van der Waals surface area contributed by atoms with Crippen LogP contribution in [0.4, 0.5) is 0 Å². The smallest absolute Gasteiger partial charge is 0.204 e. The lowest BCUT2D eigenvalue weighted by Gasteiger charge is -2.15. The normalized spacial score (nSPS) is 16.5. The average Bonchev–Trinajstić information content (AvgIpc) is 2.38. The van der Waals surface area contributed by atoms with Gasteiger partial charge in [0.25, 0.3) is 0 Å². The highest BCUT2D eigenvalue weighted by atomic mass is 15.3. The van der Waals surface area contributed by atoms with E-state index in [4.69, 9.17) is 10.7 Å². The van der Waals surface area contributed by atoms with Gasteiger partial charge in [-0.1, -0.05) is 0 Å². The van der Waals surface area contributed by atoms with E-state index in [0.717, 1.165) is 25.9 Å². The van der Waals surface area contributed by atoms with Crippen molar-refractivity contribution in [2.45, 2.75) is 12.8 Å². The molecule has 0 aromatic heterocycles. The Morgan fingerprint density at radius 2 is 2.10 bits per heavy atom. The molecular weight excluding hydrogens is 128 g/mol. The van der Waals surface area contributed by atoms with E-state index in [-0.39, 0.29) is 5.96 Å². The van der Waals surface area contributed by atoms with Gasteiger partial charge in [-0.05, 0) is 12.8 Å². The second-order valence-electron chi connectivity index (χ2n) is 2.28. The molecule has 1 saturated heterocycles. The number of nitriles is 1. The van der Waals surface area contributed by atoms with Gasteiger partial charge in [0, 0.05) is 13.1 Å². The van der Waals surface area contributed by atoms with Crippen LogP contribution >= 0.6 is 0 Å². The second kappa shape index (κ2) is 3.06. The van der Waals surface area contributed by atoms with Crippen molar-refractivity contribution < 1.29 is 0 Å². The van der Waals surface area contributed by atoms with Crippen molar-refractivity contribution >= 4 is 5.96 Å². The molecule has 0 atom stereocenters. The molecule has 1 aliphatic rings. The molecule has 0 spiro atoms. The lowest BCUT2D eigenvalue weighted by molar-refractivity contribution is 0.501. The number of nitrogens with one attached hydrogen (secondary N) is 2. The summed E-state index contributed by atoms with van der Waals surface area (Å²) in [6.45, 7) is 1.82. The van der Waals surface area contributed by atoms with Gasteiger partial charge in [-0.2, -0.15) is 5.26 Å². The predicted octanol–water partition coefficient (Wildman–Crippen LogP) is 0.0876. The van der Waals surface area contributed by atoms with Crippen LogP contribution in [0, 0.1) is 16.9 Å². The zero-order valence-electron chi connectivity index (χ0n) is 5.72. The molecule has 1 fully saturated rings. The van der Waals surface area contributed by atoms with Gasteiger partial charge in [0.15, 0.2) is 6.19 Å². The van der Waals surface area contributed by atoms with Gasteiger partial charge in [-0.25, -0.2) is 0 Å². The first kappa shape index (κ1) is 6.87. The zero-order valence-corrected chi connectivity index (χ0v) is 5.72. The molecule has 1 rings (SSSR count). The van der Waals surface area contributed by atoms with Crippen molar-refractivity contribution in [1.29, 1.82) is 10.7 Å². The van der Waals surface area contributed by atoms with Crippen LogP contribution in [-0.2, 0) is 0 Å². The van der Waals surface area contributed by atoms with Crippen molar-refractivity contribution in [3.8, 4) is 6.19 Å². The van der Waals surface area contributed by atoms with Gasteiger partial charge in [0.1, 0.15) is 0 Å². The van der Waals surface area contributed by atoms with E-state index < -0.39 is 0 Å². The van der Waals surface area contributed by atoms with E-state index in [1.807, 2.05) is 4.90 Å². The van der Waals surface area contributed by atoms with Gasteiger partial charge >= 0.3 is 0 Å². The van der Waals surface area contributed by atoms with E-state index >= 15 is 0 Å². The molecule has 4 heteroatoms. The Balaban J connectivity index is 2.34. The van der Waals surface area contributed by atoms with Crippen molar-refractivity contribution in [2.24, 2.45) is 0 Å². The standard InChI is InChI=1S/C6H10N4/c7-5-9-6(8)10-3-1-2-4-10/h1-4H2,(H2,8,9). The maximum atomic E-state index is 8.17. The van der Waals surface area contributed by atoms with E-state index in [0.29, 0.717) is 0 Å². The fourth-order valence-electron chi connectivity index (χ4n) is 1.07. The first-order valence-electron chi connectivity index (χ1n) is 3.33. The number of hydrogen-bond acceptors (Lipinski definition) is 2. The van der Waals surface area contributed by atoms with Crippen LogP contribution < -0.4 is 5.32 Å². The molecule has 0 saturated carbocycles. The summed E-state index contributed by atoms with van der Waals surface area (Å²) in [5.41, 5.74) is 0. The van der Waals surface area contributed by atoms with Crippen molar-refractivity contribution in [3.05, 3.63) is 0 Å². The van der Waals surface area contributed by atoms with Gasteiger partial charge in [-0.3, -0.25) is 10.7 Å². The Kier molecular flexibility index (Phi) is 2.11. The Morgan fingerprint density at radius 1 is 1.50 bits per heavy atom. The molecule has 0 aliphatic carbocycles. The molecule has 0 unspecified atom stereocenters. The van der Waals surface area contributed by atoms with Gasteiger partial charge in [0.2, 0.25) is 5.96 Å². The lowest BCUT2D eigenvalue weighted by Crippen LogP contribution is -2.35. The first-order valence-corrected chi connectivity index (χ1v) is 3.33. The number of hydrogen-bond donors (Lipinski definition) is 2. The fourth-order valence-corrected chi connectivity index (χ4v) is 1.07. The molecule has 0 aromatic rings. The molecule has 54 valence electrons. The summed E-state index contributed by atoms with van der Waals surface area (Å²) in [5.74, 6) is 0.236. The lowest BCUT2D eigenvalue weighted by atomic mass is 10.4. The van der Waals surface area contributed by atoms with Gasteiger partial charge in [-0.15, -0.1) is 0 Å². The molecule has 0 aromatic carbocycles. The van der Waals surface area contributed by atoms with E-state index in [2.05, 4.69) is 5.32 Å². The molecule has 0 amide bonds. The molecule has 1 aliphatic heterocycles. The number of rotatable bonds is 0. The monoisotopic (exact) mass is 138 g/mol. The third-order valence-electron chi connectivity index (χ3n) is 1.60. The summed E-state index contributed by atoms with van der Waals surface area (Å²) < 4.78 is 0. The largest absolute Gasteiger partial charge is 0.342 e. The molecule has 0 radical (unpaired) electrons. The molecular formula is C6H10N4. The Hall–Kier alpha value is -1.24. The molecule has 2 N–H and O–H groups in total. The number of nitrogens with zero attached hydrogens (tertiary/aromatic N) is 2. The van der Waals surface area contributed by atoms with Crippen LogP contribution in [0.25, 0.3) is 0 Å². The highest BCUT2D eigenvalue weighted by Gasteiger charge is 2.13. The Labute approximate surface area is 59.9 Å². The minimum absolute atomic E-state index is 0.236. The second-order valence-corrected chi connectivity index (χ2v) is 2.28. The Bertz CT molecular complexity index is 163. The van der Waals surface area contributed by atoms with Crippen molar-refractivity contribution in [2.75, 3.05) is 13.1 Å². The summed E-state index contributed by atoms with van der Waals surface area (Å²) in [4.78, 5) is 1.86. The van der Waals surface area contributed by atoms with Crippen LogP contribution in [-0.4, -0.2) is 23.9 Å². The number of guanidine groups is 1. The minimum Gasteiger partial charge on any atom is -0.342 e. The van der Waals surface area contributed by atoms with Crippen LogP contribution in [0.3, 0.4) is 0 Å². The van der Waals surface area contributed by atoms with Crippen LogP contribution in [0.5, 0.6) is 0 Å². The third-order valence-corrected chi connectivity index (χ3v) is 1.60. The molecule has 4 nitrogen and oxygen atoms in total. The fraction of sp³-hybridized carbons (Fsp3) is 0.667. The van der Waals surface area contributed by atoms with Crippen molar-refractivity contribution in [1.82, 2.24) is 10.2 Å². The van der Waals surface area contributed by atoms with Crippen LogP contribution in [0.2, 0.25) is 0 Å². The van der Waals surface area contributed by atoms with Gasteiger partial charge in [0.05, 0.1) is 0 Å². The predicted molar refractivity (Wildman–Crippen MR) is 37.3 cm³/mol. The van der Waals surface area contributed by atoms with Gasteiger partial charge < -0.3 is 4.90 Å². The van der Waals surface area contributed by atoms with Crippen LogP contribution in [0.1, 0.15) is 12.8 Å². The number of likely N-dealkylation sites (tertiary alicyclic amines) is 1. The molecule has 1 heterocycles. The van der Waals surface area contributed by atoms with E-state index in [9.17, 15) is 0 Å². The topological polar surface area (TPSA) is 62.9 Å². The Morgan fingerprint density at radius 3 is 2.60 bits per heavy atom. The maximum absolute atomic E-state index is 8.17. The van der Waals surface area contributed by atoms with E-state index in [1.54, 1.807) is 6.19 Å². The molecule has 10 heavy (non-hydrogen) atoms. The third kappa shape index (κ3) is 1.38. The van der Waals surface area contributed by atoms with Crippen LogP contribution in [0.15, 0.2) is 0 Å². The summed E-state index contributed by atoms with van der Waals surface area (Å²) in [7, 11) is 0. The highest BCUT2D eigenvalue weighted by Crippen LogP contribution is 2.05. The summed E-state index contributed by atoms with van der Waals surface area (Å²) in [5, 5.41) is 17.7. The maximum Gasteiger partial charge on any atom is 0.204 e. The summed E-state index contributed by atoms with van der Waals surface area (Å²) in [6.07, 6.45) is 4.00. The zero-order chi connectivity index (χ0) is 7.40.